The van der Waals surface area contributed by atoms with Crippen LogP contribution in [0.3, 0.4) is 0 Å². The van der Waals surface area contributed by atoms with E-state index < -0.39 is 0 Å². The molecule has 1 N–H and O–H groups in total. The lowest BCUT2D eigenvalue weighted by atomic mass is 10.1. The van der Waals surface area contributed by atoms with Crippen LogP contribution in [0.5, 0.6) is 0 Å². The van der Waals surface area contributed by atoms with E-state index in [0.717, 1.165) is 24.2 Å². The molecule has 0 fully saturated rings. The van der Waals surface area contributed by atoms with Crippen molar-refractivity contribution in [3.05, 3.63) is 59.9 Å². The van der Waals surface area contributed by atoms with E-state index >= 15 is 0 Å². The fraction of sp³-hybridized carbons (Fsp3) is 0.312. The zero-order valence-electron chi connectivity index (χ0n) is 11.5. The van der Waals surface area contributed by atoms with Gasteiger partial charge in [-0.05, 0) is 35.7 Å². The van der Waals surface area contributed by atoms with Crippen LogP contribution in [-0.4, -0.2) is 17.1 Å². The highest BCUT2D eigenvalue weighted by atomic mass is 16.3. The Labute approximate surface area is 114 Å². The Balaban J connectivity index is 2.05. The molecule has 0 aliphatic heterocycles. The lowest BCUT2D eigenvalue weighted by Crippen LogP contribution is -2.16. The fourth-order valence-electron chi connectivity index (χ4n) is 2.04. The van der Waals surface area contributed by atoms with Gasteiger partial charge in [-0.1, -0.05) is 25.1 Å². The molecule has 0 bridgehead atoms. The zero-order valence-corrected chi connectivity index (χ0v) is 11.5. The number of aromatic nitrogens is 1. The van der Waals surface area contributed by atoms with E-state index in [9.17, 15) is 5.11 Å². The third-order valence-corrected chi connectivity index (χ3v) is 3.25. The Bertz CT molecular complexity index is 496. The molecule has 0 amide bonds. The minimum atomic E-state index is -0.363. The SMILES string of the molecule is CC[C@H](O)c1ccc(N(C)Cc2cccnc2)cc1. The van der Waals surface area contributed by atoms with Crippen LogP contribution in [0.25, 0.3) is 0 Å². The predicted octanol–water partition coefficient (Wildman–Crippen LogP) is 3.16. The fourth-order valence-corrected chi connectivity index (χ4v) is 2.04. The molecule has 2 aromatic rings. The molecule has 0 saturated carbocycles. The van der Waals surface area contributed by atoms with Crippen molar-refractivity contribution in [2.75, 3.05) is 11.9 Å². The summed E-state index contributed by atoms with van der Waals surface area (Å²) >= 11 is 0. The maximum Gasteiger partial charge on any atom is 0.0787 e. The molecule has 0 unspecified atom stereocenters. The zero-order chi connectivity index (χ0) is 13.7. The van der Waals surface area contributed by atoms with Crippen LogP contribution in [0.15, 0.2) is 48.8 Å². The Morgan fingerprint density at radius 2 is 1.95 bits per heavy atom. The van der Waals surface area contributed by atoms with Crippen LogP contribution in [0, 0.1) is 0 Å². The second-order valence-electron chi connectivity index (χ2n) is 4.73. The van der Waals surface area contributed by atoms with Gasteiger partial charge < -0.3 is 10.0 Å². The maximum atomic E-state index is 9.77. The average molecular weight is 256 g/mol. The van der Waals surface area contributed by atoms with Gasteiger partial charge in [0.15, 0.2) is 0 Å². The number of rotatable bonds is 5. The Morgan fingerprint density at radius 1 is 1.21 bits per heavy atom. The minimum Gasteiger partial charge on any atom is -0.388 e. The summed E-state index contributed by atoms with van der Waals surface area (Å²) in [6.07, 6.45) is 4.04. The van der Waals surface area contributed by atoms with Gasteiger partial charge in [-0.3, -0.25) is 4.98 Å². The van der Waals surface area contributed by atoms with Crippen molar-refractivity contribution < 1.29 is 5.11 Å². The normalized spacial score (nSPS) is 12.2. The van der Waals surface area contributed by atoms with Gasteiger partial charge in [0.05, 0.1) is 6.10 Å². The highest BCUT2D eigenvalue weighted by Gasteiger charge is 2.06. The van der Waals surface area contributed by atoms with Crippen molar-refractivity contribution >= 4 is 5.69 Å². The first kappa shape index (κ1) is 13.6. The molecule has 0 spiro atoms. The summed E-state index contributed by atoms with van der Waals surface area (Å²) in [7, 11) is 2.05. The summed E-state index contributed by atoms with van der Waals surface area (Å²) < 4.78 is 0. The van der Waals surface area contributed by atoms with Crippen LogP contribution in [0.2, 0.25) is 0 Å². The third-order valence-electron chi connectivity index (χ3n) is 3.25. The van der Waals surface area contributed by atoms with Crippen LogP contribution in [0.1, 0.15) is 30.6 Å². The van der Waals surface area contributed by atoms with Gasteiger partial charge in [0.2, 0.25) is 0 Å². The molecule has 3 heteroatoms. The lowest BCUT2D eigenvalue weighted by Gasteiger charge is -2.20. The van der Waals surface area contributed by atoms with Crippen molar-refractivity contribution in [3.63, 3.8) is 0 Å². The number of anilines is 1. The van der Waals surface area contributed by atoms with Crippen LogP contribution in [-0.2, 0) is 6.54 Å². The summed E-state index contributed by atoms with van der Waals surface area (Å²) in [5.74, 6) is 0. The highest BCUT2D eigenvalue weighted by molar-refractivity contribution is 5.47. The van der Waals surface area contributed by atoms with Crippen LogP contribution in [0.4, 0.5) is 5.69 Å². The van der Waals surface area contributed by atoms with E-state index in [0.29, 0.717) is 0 Å². The standard InChI is InChI=1S/C16H20N2O/c1-3-16(19)14-6-8-15(9-7-14)18(2)12-13-5-4-10-17-11-13/h4-11,16,19H,3,12H2,1-2H3/t16-/m0/s1. The number of benzene rings is 1. The van der Waals surface area contributed by atoms with E-state index in [2.05, 4.69) is 23.0 Å². The van der Waals surface area contributed by atoms with E-state index in [1.54, 1.807) is 6.20 Å². The van der Waals surface area contributed by atoms with Crippen LogP contribution < -0.4 is 4.90 Å². The van der Waals surface area contributed by atoms with Gasteiger partial charge in [0.25, 0.3) is 0 Å². The molecular weight excluding hydrogens is 236 g/mol. The number of nitrogens with zero attached hydrogens (tertiary/aromatic N) is 2. The molecule has 1 atom stereocenters. The molecule has 0 radical (unpaired) electrons. The molecule has 3 nitrogen and oxygen atoms in total. The van der Waals surface area contributed by atoms with Gasteiger partial charge >= 0.3 is 0 Å². The van der Waals surface area contributed by atoms with E-state index in [1.165, 1.54) is 5.56 Å². The van der Waals surface area contributed by atoms with E-state index in [1.807, 2.05) is 43.5 Å². The van der Waals surface area contributed by atoms with Crippen molar-refractivity contribution in [1.82, 2.24) is 4.98 Å². The van der Waals surface area contributed by atoms with Gasteiger partial charge in [0, 0.05) is 31.7 Å². The van der Waals surface area contributed by atoms with Gasteiger partial charge in [0.1, 0.15) is 0 Å². The third kappa shape index (κ3) is 3.55. The van der Waals surface area contributed by atoms with Crippen molar-refractivity contribution in [2.24, 2.45) is 0 Å². The predicted molar refractivity (Wildman–Crippen MR) is 78.0 cm³/mol. The summed E-state index contributed by atoms with van der Waals surface area (Å²) in [5, 5.41) is 9.77. The summed E-state index contributed by atoms with van der Waals surface area (Å²) in [6.45, 7) is 2.80. The molecule has 19 heavy (non-hydrogen) atoms. The van der Waals surface area contributed by atoms with Crippen molar-refractivity contribution in [1.29, 1.82) is 0 Å². The molecule has 0 saturated heterocycles. The van der Waals surface area contributed by atoms with E-state index in [4.69, 9.17) is 0 Å². The van der Waals surface area contributed by atoms with Gasteiger partial charge in [-0.2, -0.15) is 0 Å². The molecule has 1 aromatic heterocycles. The summed E-state index contributed by atoms with van der Waals surface area (Å²) in [6, 6.07) is 12.1. The summed E-state index contributed by atoms with van der Waals surface area (Å²) in [4.78, 5) is 6.29. The smallest absolute Gasteiger partial charge is 0.0787 e. The Hall–Kier alpha value is -1.87. The second-order valence-corrected chi connectivity index (χ2v) is 4.73. The minimum absolute atomic E-state index is 0.363. The average Bonchev–Trinajstić information content (AvgIpc) is 2.47. The lowest BCUT2D eigenvalue weighted by molar-refractivity contribution is 0.173. The number of hydrogen-bond donors (Lipinski definition) is 1. The first-order valence-corrected chi connectivity index (χ1v) is 6.58. The maximum absolute atomic E-state index is 9.77. The summed E-state index contributed by atoms with van der Waals surface area (Å²) in [5.41, 5.74) is 3.29. The van der Waals surface area contributed by atoms with Crippen molar-refractivity contribution in [2.45, 2.75) is 26.0 Å². The monoisotopic (exact) mass is 256 g/mol. The number of aliphatic hydroxyl groups is 1. The molecular formula is C16H20N2O. The van der Waals surface area contributed by atoms with Crippen LogP contribution >= 0.6 is 0 Å². The quantitative estimate of drug-likeness (QED) is 0.892. The van der Waals surface area contributed by atoms with E-state index in [-0.39, 0.29) is 6.10 Å². The van der Waals surface area contributed by atoms with Gasteiger partial charge in [-0.25, -0.2) is 0 Å². The molecule has 1 aromatic carbocycles. The Kier molecular flexibility index (Phi) is 4.53. The molecule has 0 aliphatic rings. The molecule has 1 heterocycles. The second kappa shape index (κ2) is 6.34. The first-order chi connectivity index (χ1) is 9.20. The molecule has 100 valence electrons. The first-order valence-electron chi connectivity index (χ1n) is 6.58. The van der Waals surface area contributed by atoms with Crippen molar-refractivity contribution in [3.8, 4) is 0 Å². The topological polar surface area (TPSA) is 36.4 Å². The highest BCUT2D eigenvalue weighted by Crippen LogP contribution is 2.21. The molecule has 0 aliphatic carbocycles. The largest absolute Gasteiger partial charge is 0.388 e. The number of pyridine rings is 1. The Morgan fingerprint density at radius 3 is 2.53 bits per heavy atom. The molecule has 2 rings (SSSR count). The number of aliphatic hydroxyl groups excluding tert-OH is 1. The van der Waals surface area contributed by atoms with Gasteiger partial charge in [-0.15, -0.1) is 0 Å². The number of hydrogen-bond acceptors (Lipinski definition) is 3.